The molecule has 1 aliphatic rings. The van der Waals surface area contributed by atoms with Crippen LogP contribution in [0, 0.1) is 0 Å². The van der Waals surface area contributed by atoms with E-state index in [1.807, 2.05) is 25.1 Å². The summed E-state index contributed by atoms with van der Waals surface area (Å²) < 4.78 is 7.19. The van der Waals surface area contributed by atoms with E-state index < -0.39 is 0 Å². The van der Waals surface area contributed by atoms with Crippen LogP contribution in [0.1, 0.15) is 13.3 Å². The number of tetrazole rings is 1. The van der Waals surface area contributed by atoms with Crippen molar-refractivity contribution in [1.82, 2.24) is 20.2 Å². The normalized spacial score (nSPS) is 16.1. The van der Waals surface area contributed by atoms with Crippen LogP contribution in [0.25, 0.3) is 5.69 Å². The predicted octanol–water partition coefficient (Wildman–Crippen LogP) is 1.80. The van der Waals surface area contributed by atoms with E-state index in [1.54, 1.807) is 35.2 Å². The Morgan fingerprint density at radius 3 is 2.75 bits per heavy atom. The molecule has 9 heteroatoms. The maximum absolute atomic E-state index is 12.9. The Kier molecular flexibility index (Phi) is 4.71. The van der Waals surface area contributed by atoms with Gasteiger partial charge in [-0.1, -0.05) is 12.1 Å². The van der Waals surface area contributed by atoms with Gasteiger partial charge in [0, 0.05) is 12.5 Å². The average Bonchev–Trinajstić information content (AvgIpc) is 3.19. The van der Waals surface area contributed by atoms with Crippen molar-refractivity contribution in [1.29, 1.82) is 0 Å². The fourth-order valence-corrected chi connectivity index (χ4v) is 3.16. The Balaban J connectivity index is 1.48. The standard InChI is InChI=1S/C19H18N6O3/c1-13-10-18(26)21-16-4-2-3-5-17(16)25(13)19(27)11-28-15-8-6-14(7-9-15)24-12-20-22-23-24/h2-9,12-13H,10-11H2,1H3,(H,21,26)/t13-/m0/s1. The number of carbonyl (C=O) groups excluding carboxylic acids is 2. The number of nitrogens with one attached hydrogen (secondary N) is 1. The minimum Gasteiger partial charge on any atom is -0.484 e. The molecule has 1 aromatic heterocycles. The summed E-state index contributed by atoms with van der Waals surface area (Å²) in [4.78, 5) is 26.5. The molecule has 0 fully saturated rings. The van der Waals surface area contributed by atoms with Crippen molar-refractivity contribution in [3.8, 4) is 11.4 Å². The van der Waals surface area contributed by atoms with Crippen LogP contribution >= 0.6 is 0 Å². The maximum Gasteiger partial charge on any atom is 0.265 e. The summed E-state index contributed by atoms with van der Waals surface area (Å²) >= 11 is 0. The number of benzene rings is 2. The molecule has 28 heavy (non-hydrogen) atoms. The molecule has 0 bridgehead atoms. The highest BCUT2D eigenvalue weighted by Crippen LogP contribution is 2.31. The highest BCUT2D eigenvalue weighted by Gasteiger charge is 2.29. The van der Waals surface area contributed by atoms with Crippen molar-refractivity contribution in [2.45, 2.75) is 19.4 Å². The van der Waals surface area contributed by atoms with E-state index in [9.17, 15) is 9.59 Å². The number of hydrogen-bond donors (Lipinski definition) is 1. The molecule has 0 aliphatic carbocycles. The van der Waals surface area contributed by atoms with Gasteiger partial charge < -0.3 is 15.0 Å². The van der Waals surface area contributed by atoms with E-state index in [0.717, 1.165) is 5.69 Å². The minimum absolute atomic E-state index is 0.116. The number of fused-ring (bicyclic) bond motifs is 1. The van der Waals surface area contributed by atoms with E-state index in [1.165, 1.54) is 11.0 Å². The topological polar surface area (TPSA) is 102 Å². The highest BCUT2D eigenvalue weighted by atomic mass is 16.5. The maximum atomic E-state index is 12.9. The number of carbonyl (C=O) groups is 2. The fourth-order valence-electron chi connectivity index (χ4n) is 3.16. The third-order valence-corrected chi connectivity index (χ3v) is 4.44. The summed E-state index contributed by atoms with van der Waals surface area (Å²) in [5.41, 5.74) is 2.07. The first-order valence-electron chi connectivity index (χ1n) is 8.79. The molecule has 1 N–H and O–H groups in total. The van der Waals surface area contributed by atoms with Gasteiger partial charge in [0.2, 0.25) is 5.91 Å². The molecule has 3 aromatic rings. The number of anilines is 2. The number of nitrogens with zero attached hydrogens (tertiary/aromatic N) is 5. The molecule has 1 aliphatic heterocycles. The van der Waals surface area contributed by atoms with Gasteiger partial charge in [0.15, 0.2) is 6.61 Å². The van der Waals surface area contributed by atoms with Crippen LogP contribution in [-0.4, -0.2) is 44.7 Å². The zero-order valence-electron chi connectivity index (χ0n) is 15.1. The van der Waals surface area contributed by atoms with Crippen molar-refractivity contribution in [2.75, 3.05) is 16.8 Å². The molecule has 1 atom stereocenters. The Morgan fingerprint density at radius 2 is 2.00 bits per heavy atom. The zero-order valence-corrected chi connectivity index (χ0v) is 15.1. The van der Waals surface area contributed by atoms with Gasteiger partial charge in [-0.25, -0.2) is 4.68 Å². The second-order valence-electron chi connectivity index (χ2n) is 6.42. The second-order valence-corrected chi connectivity index (χ2v) is 6.42. The summed E-state index contributed by atoms with van der Waals surface area (Å²) in [6, 6.07) is 14.1. The number of ether oxygens (including phenoxy) is 1. The Bertz CT molecular complexity index is 987. The van der Waals surface area contributed by atoms with Crippen LogP contribution < -0.4 is 15.0 Å². The molecule has 2 aromatic carbocycles. The van der Waals surface area contributed by atoms with Gasteiger partial charge in [0.1, 0.15) is 12.1 Å². The molecule has 4 rings (SSSR count). The Morgan fingerprint density at radius 1 is 1.21 bits per heavy atom. The second kappa shape index (κ2) is 7.47. The number of rotatable bonds is 4. The summed E-state index contributed by atoms with van der Waals surface area (Å²) in [5.74, 6) is 0.213. The van der Waals surface area contributed by atoms with Crippen molar-refractivity contribution >= 4 is 23.2 Å². The van der Waals surface area contributed by atoms with Gasteiger partial charge in [-0.05, 0) is 53.7 Å². The third-order valence-electron chi connectivity index (χ3n) is 4.44. The molecule has 0 saturated carbocycles. The lowest BCUT2D eigenvalue weighted by atomic mass is 10.1. The molecule has 2 amide bonds. The lowest BCUT2D eigenvalue weighted by molar-refractivity contribution is -0.121. The van der Waals surface area contributed by atoms with E-state index in [0.29, 0.717) is 17.1 Å². The van der Waals surface area contributed by atoms with Crippen LogP contribution in [0.3, 0.4) is 0 Å². The number of amides is 2. The molecule has 0 radical (unpaired) electrons. The molecule has 2 heterocycles. The summed E-state index contributed by atoms with van der Waals surface area (Å²) in [6.07, 6.45) is 1.72. The zero-order chi connectivity index (χ0) is 19.5. The van der Waals surface area contributed by atoms with Crippen LogP contribution in [0.4, 0.5) is 11.4 Å². The number of aromatic nitrogens is 4. The van der Waals surface area contributed by atoms with Crippen LogP contribution in [0.2, 0.25) is 0 Å². The van der Waals surface area contributed by atoms with E-state index in [-0.39, 0.29) is 30.9 Å². The smallest absolute Gasteiger partial charge is 0.265 e. The molecule has 142 valence electrons. The lowest BCUT2D eigenvalue weighted by Crippen LogP contribution is -2.41. The quantitative estimate of drug-likeness (QED) is 0.743. The monoisotopic (exact) mass is 378 g/mol. The van der Waals surface area contributed by atoms with Crippen molar-refractivity contribution in [3.63, 3.8) is 0 Å². The summed E-state index contributed by atoms with van der Waals surface area (Å²) in [5, 5.41) is 13.8. The van der Waals surface area contributed by atoms with E-state index in [2.05, 4.69) is 20.8 Å². The fraction of sp³-hybridized carbons (Fsp3) is 0.211. The number of para-hydroxylation sites is 2. The van der Waals surface area contributed by atoms with Crippen molar-refractivity contribution in [2.24, 2.45) is 0 Å². The highest BCUT2D eigenvalue weighted by molar-refractivity contribution is 6.04. The third kappa shape index (κ3) is 3.54. The Labute approximate surface area is 160 Å². The predicted molar refractivity (Wildman–Crippen MR) is 101 cm³/mol. The van der Waals surface area contributed by atoms with E-state index in [4.69, 9.17) is 4.74 Å². The van der Waals surface area contributed by atoms with E-state index >= 15 is 0 Å². The first-order chi connectivity index (χ1) is 13.6. The minimum atomic E-state index is -0.276. The summed E-state index contributed by atoms with van der Waals surface area (Å²) in [7, 11) is 0. The lowest BCUT2D eigenvalue weighted by Gasteiger charge is -2.27. The molecule has 9 nitrogen and oxygen atoms in total. The number of hydrogen-bond acceptors (Lipinski definition) is 6. The van der Waals surface area contributed by atoms with Crippen molar-refractivity contribution < 1.29 is 14.3 Å². The largest absolute Gasteiger partial charge is 0.484 e. The van der Waals surface area contributed by atoms with Gasteiger partial charge in [0.05, 0.1) is 17.1 Å². The summed E-state index contributed by atoms with van der Waals surface area (Å²) in [6.45, 7) is 1.71. The average molecular weight is 378 g/mol. The molecule has 0 saturated heterocycles. The van der Waals surface area contributed by atoms with Crippen LogP contribution in [-0.2, 0) is 9.59 Å². The van der Waals surface area contributed by atoms with Gasteiger partial charge >= 0.3 is 0 Å². The SMILES string of the molecule is C[C@H]1CC(=O)Nc2ccccc2N1C(=O)COc1ccc(-n2cnnn2)cc1. The molecule has 0 spiro atoms. The van der Waals surface area contributed by atoms with Crippen LogP contribution in [0.15, 0.2) is 54.9 Å². The molecular formula is C19H18N6O3. The Hall–Kier alpha value is -3.75. The van der Waals surface area contributed by atoms with Gasteiger partial charge in [-0.2, -0.15) is 0 Å². The molecule has 0 unspecified atom stereocenters. The first-order valence-corrected chi connectivity index (χ1v) is 8.79. The van der Waals surface area contributed by atoms with Gasteiger partial charge in [-0.15, -0.1) is 5.10 Å². The molecular weight excluding hydrogens is 360 g/mol. The van der Waals surface area contributed by atoms with Gasteiger partial charge in [-0.3, -0.25) is 9.59 Å². The van der Waals surface area contributed by atoms with Gasteiger partial charge in [0.25, 0.3) is 5.91 Å². The first kappa shape index (κ1) is 17.7. The van der Waals surface area contributed by atoms with Crippen LogP contribution in [0.5, 0.6) is 5.75 Å². The van der Waals surface area contributed by atoms with Crippen molar-refractivity contribution in [3.05, 3.63) is 54.9 Å².